The third-order valence-electron chi connectivity index (χ3n) is 2.78. The van der Waals surface area contributed by atoms with Gasteiger partial charge < -0.3 is 15.3 Å². The number of hydrogen-bond donors (Lipinski definition) is 3. The molecule has 0 spiro atoms. The molecular formula is C11H14FN3O3. The van der Waals surface area contributed by atoms with Crippen molar-refractivity contribution < 1.29 is 19.7 Å². The van der Waals surface area contributed by atoms with Crippen LogP contribution in [0, 0.1) is 5.82 Å². The maximum atomic E-state index is 13.8. The Morgan fingerprint density at radius 2 is 2.06 bits per heavy atom. The van der Waals surface area contributed by atoms with Gasteiger partial charge in [-0.05, 0) is 18.0 Å². The molecule has 1 unspecified atom stereocenters. The van der Waals surface area contributed by atoms with Crippen molar-refractivity contribution in [3.63, 3.8) is 0 Å². The van der Waals surface area contributed by atoms with E-state index < -0.39 is 30.7 Å². The molecule has 0 radical (unpaired) electrons. The van der Waals surface area contributed by atoms with Gasteiger partial charge in [-0.1, -0.05) is 23.3 Å². The van der Waals surface area contributed by atoms with Crippen LogP contribution in [0.3, 0.4) is 0 Å². The van der Waals surface area contributed by atoms with Crippen molar-refractivity contribution in [3.05, 3.63) is 46.1 Å². The summed E-state index contributed by atoms with van der Waals surface area (Å²) in [5, 5.41) is 31.3. The average Bonchev–Trinajstić information content (AvgIpc) is 2.38. The van der Waals surface area contributed by atoms with Gasteiger partial charge in [0.1, 0.15) is 11.4 Å². The molecule has 18 heavy (non-hydrogen) atoms. The highest BCUT2D eigenvalue weighted by Crippen LogP contribution is 2.35. The Morgan fingerprint density at radius 3 is 2.56 bits per heavy atom. The first-order valence-corrected chi connectivity index (χ1v) is 5.33. The van der Waals surface area contributed by atoms with Crippen molar-refractivity contribution in [2.75, 3.05) is 13.2 Å². The Balaban J connectivity index is 3.42. The number of halogens is 1. The van der Waals surface area contributed by atoms with Crippen LogP contribution in [0.15, 0.2) is 29.4 Å². The summed E-state index contributed by atoms with van der Waals surface area (Å²) < 4.78 is 13.8. The Bertz CT molecular complexity index is 451. The van der Waals surface area contributed by atoms with Gasteiger partial charge in [0.25, 0.3) is 0 Å². The molecule has 0 amide bonds. The summed E-state index contributed by atoms with van der Waals surface area (Å²) in [7, 11) is 0. The maximum absolute atomic E-state index is 13.8. The normalized spacial score (nSPS) is 15.6. The van der Waals surface area contributed by atoms with Crippen LogP contribution in [0.5, 0.6) is 0 Å². The summed E-state index contributed by atoms with van der Waals surface area (Å²) in [5.74, 6) is -0.675. The molecule has 0 fully saturated rings. The highest BCUT2D eigenvalue weighted by molar-refractivity contribution is 5.28. The lowest BCUT2D eigenvalue weighted by Gasteiger charge is -2.33. The lowest BCUT2D eigenvalue weighted by atomic mass is 9.82. The molecule has 1 rings (SSSR count). The molecular weight excluding hydrogens is 241 g/mol. The second kappa shape index (κ2) is 6.32. The topological polar surface area (TPSA) is 109 Å². The fraction of sp³-hybridized carbons (Fsp3) is 0.455. The molecule has 0 saturated heterocycles. The van der Waals surface area contributed by atoms with Crippen molar-refractivity contribution in [1.29, 1.82) is 0 Å². The minimum absolute atomic E-state index is 0.0570. The van der Waals surface area contributed by atoms with Crippen molar-refractivity contribution in [1.82, 2.24) is 0 Å². The smallest absolute Gasteiger partial charge is 0.127 e. The van der Waals surface area contributed by atoms with E-state index in [0.717, 1.165) is 6.07 Å². The van der Waals surface area contributed by atoms with E-state index in [-0.39, 0.29) is 12.0 Å². The number of aliphatic hydroxyl groups excluding tert-OH is 3. The molecule has 2 atom stereocenters. The molecule has 1 aromatic carbocycles. The summed E-state index contributed by atoms with van der Waals surface area (Å²) in [6.07, 6.45) is -1.70. The SMILES string of the molecule is [N-]=[N+]=NC(CCO)(c1ccccc1F)[C@@H](O)CO. The standard InChI is InChI=1S/C11H14FN3O3/c12-9-4-2-1-3-8(9)11(5-6-16,14-15-13)10(18)7-17/h1-4,10,16-18H,5-7H2/t10-,11?/m0/s1. The van der Waals surface area contributed by atoms with Crippen molar-refractivity contribution in [3.8, 4) is 0 Å². The predicted octanol–water partition coefficient (Wildman–Crippen LogP) is 1.07. The molecule has 1 aromatic rings. The minimum atomic E-state index is -1.72. The van der Waals surface area contributed by atoms with Gasteiger partial charge in [-0.15, -0.1) is 0 Å². The Kier molecular flexibility index (Phi) is 5.06. The summed E-state index contributed by atoms with van der Waals surface area (Å²) in [6, 6.07) is 5.46. The summed E-state index contributed by atoms with van der Waals surface area (Å²) >= 11 is 0. The molecule has 6 nitrogen and oxygen atoms in total. The van der Waals surface area contributed by atoms with E-state index >= 15 is 0 Å². The largest absolute Gasteiger partial charge is 0.396 e. The molecule has 7 heteroatoms. The van der Waals surface area contributed by atoms with E-state index in [1.165, 1.54) is 18.2 Å². The van der Waals surface area contributed by atoms with E-state index in [9.17, 15) is 9.50 Å². The Labute approximate surface area is 103 Å². The predicted molar refractivity (Wildman–Crippen MR) is 62.0 cm³/mol. The molecule has 0 aromatic heterocycles. The van der Waals surface area contributed by atoms with Crippen LogP contribution in [0.25, 0.3) is 10.4 Å². The van der Waals surface area contributed by atoms with E-state index in [1.54, 1.807) is 0 Å². The third-order valence-corrected chi connectivity index (χ3v) is 2.78. The monoisotopic (exact) mass is 255 g/mol. The van der Waals surface area contributed by atoms with Crippen molar-refractivity contribution >= 4 is 0 Å². The summed E-state index contributed by atoms with van der Waals surface area (Å²) in [4.78, 5) is 2.59. The Morgan fingerprint density at radius 1 is 1.39 bits per heavy atom. The van der Waals surface area contributed by atoms with Gasteiger partial charge in [-0.2, -0.15) is 0 Å². The number of benzene rings is 1. The zero-order valence-electron chi connectivity index (χ0n) is 9.57. The highest BCUT2D eigenvalue weighted by atomic mass is 19.1. The molecule has 0 aliphatic heterocycles. The van der Waals surface area contributed by atoms with E-state index in [0.29, 0.717) is 0 Å². The number of hydrogen-bond acceptors (Lipinski definition) is 4. The Hall–Kier alpha value is -1.66. The molecule has 98 valence electrons. The quantitative estimate of drug-likeness (QED) is 0.401. The van der Waals surface area contributed by atoms with Gasteiger partial charge >= 0.3 is 0 Å². The fourth-order valence-corrected chi connectivity index (χ4v) is 1.86. The fourth-order valence-electron chi connectivity index (χ4n) is 1.86. The van der Waals surface area contributed by atoms with E-state index in [1.807, 2.05) is 0 Å². The van der Waals surface area contributed by atoms with Crippen molar-refractivity contribution in [2.24, 2.45) is 5.11 Å². The number of aliphatic hydroxyl groups is 3. The van der Waals surface area contributed by atoms with Crippen molar-refractivity contribution in [2.45, 2.75) is 18.1 Å². The second-order valence-electron chi connectivity index (χ2n) is 3.77. The van der Waals surface area contributed by atoms with Gasteiger partial charge in [-0.25, -0.2) is 4.39 Å². The first kappa shape index (κ1) is 14.4. The van der Waals surface area contributed by atoms with Crippen LogP contribution in [0.4, 0.5) is 4.39 Å². The van der Waals surface area contributed by atoms with Gasteiger partial charge in [0, 0.05) is 17.1 Å². The molecule has 0 bridgehead atoms. The van der Waals surface area contributed by atoms with Crippen LogP contribution in [0.1, 0.15) is 12.0 Å². The van der Waals surface area contributed by atoms with Crippen LogP contribution < -0.4 is 0 Å². The maximum Gasteiger partial charge on any atom is 0.127 e. The third kappa shape index (κ3) is 2.60. The summed E-state index contributed by atoms with van der Waals surface area (Å²) in [5.41, 5.74) is 6.81. The van der Waals surface area contributed by atoms with Gasteiger partial charge in [0.05, 0.1) is 12.7 Å². The van der Waals surface area contributed by atoms with Gasteiger partial charge in [0.2, 0.25) is 0 Å². The van der Waals surface area contributed by atoms with E-state index in [4.69, 9.17) is 15.7 Å². The molecule has 0 aliphatic carbocycles. The number of nitrogens with zero attached hydrogens (tertiary/aromatic N) is 3. The zero-order valence-corrected chi connectivity index (χ0v) is 9.57. The zero-order chi connectivity index (χ0) is 13.6. The highest BCUT2D eigenvalue weighted by Gasteiger charge is 2.40. The van der Waals surface area contributed by atoms with Crippen LogP contribution in [-0.4, -0.2) is 34.6 Å². The first-order chi connectivity index (χ1) is 8.62. The van der Waals surface area contributed by atoms with E-state index in [2.05, 4.69) is 10.0 Å². The molecule has 0 aliphatic rings. The first-order valence-electron chi connectivity index (χ1n) is 5.33. The average molecular weight is 255 g/mol. The van der Waals surface area contributed by atoms with Gasteiger partial charge in [-0.3, -0.25) is 0 Å². The lowest BCUT2D eigenvalue weighted by Crippen LogP contribution is -2.41. The second-order valence-corrected chi connectivity index (χ2v) is 3.77. The minimum Gasteiger partial charge on any atom is -0.396 e. The molecule has 0 heterocycles. The molecule has 3 N–H and O–H groups in total. The number of rotatable bonds is 6. The molecule has 0 saturated carbocycles. The van der Waals surface area contributed by atoms with Crippen LogP contribution in [0.2, 0.25) is 0 Å². The van der Waals surface area contributed by atoms with Crippen LogP contribution >= 0.6 is 0 Å². The van der Waals surface area contributed by atoms with Crippen LogP contribution in [-0.2, 0) is 5.54 Å². The number of azide groups is 1. The lowest BCUT2D eigenvalue weighted by molar-refractivity contribution is 0.0161. The summed E-state index contributed by atoms with van der Waals surface area (Å²) in [6.45, 7) is -1.14. The van der Waals surface area contributed by atoms with Gasteiger partial charge in [0.15, 0.2) is 0 Å².